The summed E-state index contributed by atoms with van der Waals surface area (Å²) in [6, 6.07) is 6.78. The number of amides is 1. The van der Waals surface area contributed by atoms with Crippen molar-refractivity contribution in [2.24, 2.45) is 5.73 Å². The Hall–Kier alpha value is -2.41. The highest BCUT2D eigenvalue weighted by molar-refractivity contribution is 6.02. The van der Waals surface area contributed by atoms with E-state index in [4.69, 9.17) is 5.73 Å². The molecular formula is C14H14F2N4O. The second kappa shape index (κ2) is 5.92. The topological polar surface area (TPSA) is 80.9 Å². The maximum Gasteiger partial charge on any atom is 0.285 e. The lowest BCUT2D eigenvalue weighted by Crippen LogP contribution is -2.25. The number of nitrogens with zero attached hydrogens (tertiary/aromatic N) is 2. The van der Waals surface area contributed by atoms with Gasteiger partial charge >= 0.3 is 0 Å². The molecule has 0 aliphatic carbocycles. The highest BCUT2D eigenvalue weighted by atomic mass is 19.3. The van der Waals surface area contributed by atoms with Gasteiger partial charge in [-0.25, -0.2) is 9.97 Å². The fourth-order valence-electron chi connectivity index (χ4n) is 1.69. The third kappa shape index (κ3) is 3.57. The van der Waals surface area contributed by atoms with Gasteiger partial charge in [-0.1, -0.05) is 12.1 Å². The van der Waals surface area contributed by atoms with Gasteiger partial charge in [-0.15, -0.1) is 0 Å². The fraction of sp³-hybridized carbons (Fsp3) is 0.214. The number of aromatic nitrogens is 2. The van der Waals surface area contributed by atoms with E-state index in [2.05, 4.69) is 15.3 Å². The van der Waals surface area contributed by atoms with Crippen LogP contribution in [-0.2, 0) is 5.92 Å². The Balaban J connectivity index is 2.12. The van der Waals surface area contributed by atoms with Crippen molar-refractivity contribution in [2.45, 2.75) is 12.8 Å². The maximum atomic E-state index is 13.4. The van der Waals surface area contributed by atoms with Crippen LogP contribution in [0.3, 0.4) is 0 Å². The van der Waals surface area contributed by atoms with Crippen molar-refractivity contribution in [3.05, 3.63) is 53.6 Å². The Labute approximate surface area is 120 Å². The molecule has 7 heteroatoms. The van der Waals surface area contributed by atoms with Crippen LogP contribution in [0.4, 0.5) is 14.5 Å². The Morgan fingerprint density at radius 3 is 2.52 bits per heavy atom. The molecule has 3 N–H and O–H groups in total. The largest absolute Gasteiger partial charge is 0.325 e. The molecule has 0 bridgehead atoms. The van der Waals surface area contributed by atoms with E-state index >= 15 is 0 Å². The molecule has 2 rings (SSSR count). The molecule has 2 aromatic rings. The van der Waals surface area contributed by atoms with Crippen LogP contribution in [0.15, 0.2) is 36.7 Å². The first-order valence-corrected chi connectivity index (χ1v) is 6.21. The number of nitrogens with one attached hydrogen (secondary N) is 1. The molecule has 0 saturated heterocycles. The second-order valence-corrected chi connectivity index (χ2v) is 4.48. The van der Waals surface area contributed by atoms with Crippen molar-refractivity contribution in [1.29, 1.82) is 0 Å². The molecule has 110 valence electrons. The maximum absolute atomic E-state index is 13.4. The number of halogens is 2. The zero-order chi connectivity index (χ0) is 15.5. The van der Waals surface area contributed by atoms with Gasteiger partial charge in [0.25, 0.3) is 11.8 Å². The highest BCUT2D eigenvalue weighted by Gasteiger charge is 2.29. The van der Waals surface area contributed by atoms with Crippen LogP contribution in [0.2, 0.25) is 0 Å². The zero-order valence-electron chi connectivity index (χ0n) is 11.3. The van der Waals surface area contributed by atoms with Crippen molar-refractivity contribution in [3.63, 3.8) is 0 Å². The minimum absolute atomic E-state index is 0.194. The van der Waals surface area contributed by atoms with Crippen LogP contribution in [-0.4, -0.2) is 22.4 Å². The minimum Gasteiger partial charge on any atom is -0.325 e. The normalized spacial score (nSPS) is 11.2. The molecular weight excluding hydrogens is 278 g/mol. The van der Waals surface area contributed by atoms with Gasteiger partial charge in [0, 0.05) is 16.9 Å². The summed E-state index contributed by atoms with van der Waals surface area (Å²) in [5.74, 6) is -3.51. The molecule has 0 spiro atoms. The molecule has 0 saturated carbocycles. The fourth-order valence-corrected chi connectivity index (χ4v) is 1.69. The molecule has 21 heavy (non-hydrogen) atoms. The summed E-state index contributed by atoms with van der Waals surface area (Å²) in [6.07, 6.45) is 1.29. The summed E-state index contributed by atoms with van der Waals surface area (Å²) in [5.41, 5.74) is 6.08. The summed E-state index contributed by atoms with van der Waals surface area (Å²) in [7, 11) is 0. The Bertz CT molecular complexity index is 644. The van der Waals surface area contributed by atoms with Crippen molar-refractivity contribution < 1.29 is 13.6 Å². The first-order chi connectivity index (χ1) is 9.92. The molecule has 0 aliphatic rings. The molecule has 1 amide bonds. The number of hydrogen-bond donors (Lipinski definition) is 2. The number of nitrogens with two attached hydrogens (primary N) is 1. The third-order valence-corrected chi connectivity index (χ3v) is 2.86. The minimum atomic E-state index is -3.08. The van der Waals surface area contributed by atoms with Crippen LogP contribution < -0.4 is 11.1 Å². The summed E-state index contributed by atoms with van der Waals surface area (Å²) in [5, 5.41) is 2.58. The number of hydrogen-bond acceptors (Lipinski definition) is 4. The van der Waals surface area contributed by atoms with E-state index in [0.717, 1.165) is 0 Å². The van der Waals surface area contributed by atoms with Crippen LogP contribution >= 0.6 is 0 Å². The van der Waals surface area contributed by atoms with E-state index in [1.165, 1.54) is 36.7 Å². The van der Waals surface area contributed by atoms with E-state index in [9.17, 15) is 13.6 Å². The second-order valence-electron chi connectivity index (χ2n) is 4.48. The smallest absolute Gasteiger partial charge is 0.285 e. The van der Waals surface area contributed by atoms with Gasteiger partial charge in [0.05, 0.1) is 6.54 Å². The molecule has 0 atom stereocenters. The summed E-state index contributed by atoms with van der Waals surface area (Å²) < 4.78 is 26.7. The molecule has 0 unspecified atom stereocenters. The predicted octanol–water partition coefficient (Wildman–Crippen LogP) is 2.09. The van der Waals surface area contributed by atoms with Crippen molar-refractivity contribution in [2.75, 3.05) is 11.9 Å². The van der Waals surface area contributed by atoms with Crippen LogP contribution in [0.1, 0.15) is 21.7 Å². The van der Waals surface area contributed by atoms with Gasteiger partial charge < -0.3 is 11.1 Å². The monoisotopic (exact) mass is 292 g/mol. The quantitative estimate of drug-likeness (QED) is 0.904. The number of alkyl halides is 2. The van der Waals surface area contributed by atoms with Gasteiger partial charge in [0.2, 0.25) is 0 Å². The zero-order valence-corrected chi connectivity index (χ0v) is 11.3. The third-order valence-electron chi connectivity index (χ3n) is 2.86. The summed E-state index contributed by atoms with van der Waals surface area (Å²) in [6.45, 7) is 0.973. The van der Waals surface area contributed by atoms with Crippen LogP contribution in [0, 0.1) is 6.92 Å². The molecule has 1 aromatic carbocycles. The highest BCUT2D eigenvalue weighted by Crippen LogP contribution is 2.27. The molecule has 5 nitrogen and oxygen atoms in total. The molecule has 0 fully saturated rings. The Morgan fingerprint density at radius 2 is 1.95 bits per heavy atom. The van der Waals surface area contributed by atoms with E-state index in [0.29, 0.717) is 11.4 Å². The van der Waals surface area contributed by atoms with Crippen molar-refractivity contribution in [1.82, 2.24) is 9.97 Å². The number of carbonyl (C=O) groups is 1. The molecule has 0 radical (unpaired) electrons. The molecule has 1 heterocycles. The van der Waals surface area contributed by atoms with E-state index < -0.39 is 18.4 Å². The number of anilines is 1. The molecule has 1 aromatic heterocycles. The number of benzene rings is 1. The SMILES string of the molecule is Cc1cc(C(=O)Nc2ccc(C(F)(F)CN)cc2)ncn1. The lowest BCUT2D eigenvalue weighted by atomic mass is 10.1. The first kappa shape index (κ1) is 15.0. The Kier molecular flexibility index (Phi) is 4.23. The van der Waals surface area contributed by atoms with Gasteiger partial charge in [0.1, 0.15) is 12.0 Å². The van der Waals surface area contributed by atoms with Crippen LogP contribution in [0.5, 0.6) is 0 Å². The Morgan fingerprint density at radius 1 is 1.29 bits per heavy atom. The van der Waals surface area contributed by atoms with Gasteiger partial charge in [-0.2, -0.15) is 8.78 Å². The molecule has 0 aliphatic heterocycles. The average molecular weight is 292 g/mol. The average Bonchev–Trinajstić information content (AvgIpc) is 2.48. The van der Waals surface area contributed by atoms with Crippen molar-refractivity contribution >= 4 is 11.6 Å². The van der Waals surface area contributed by atoms with Gasteiger partial charge in [-0.05, 0) is 25.1 Å². The van der Waals surface area contributed by atoms with Gasteiger partial charge in [0.15, 0.2) is 0 Å². The van der Waals surface area contributed by atoms with Crippen molar-refractivity contribution in [3.8, 4) is 0 Å². The van der Waals surface area contributed by atoms with Crippen LogP contribution in [0.25, 0.3) is 0 Å². The lowest BCUT2D eigenvalue weighted by molar-refractivity contribution is 0.00597. The van der Waals surface area contributed by atoms with E-state index in [1.807, 2.05) is 0 Å². The predicted molar refractivity (Wildman–Crippen MR) is 74.1 cm³/mol. The summed E-state index contributed by atoms with van der Waals surface area (Å²) >= 11 is 0. The number of rotatable bonds is 4. The standard InChI is InChI=1S/C14H14F2N4O/c1-9-6-12(19-8-18-9)13(21)20-11-4-2-10(3-5-11)14(15,16)7-17/h2-6,8H,7,17H2,1H3,(H,20,21). The summed E-state index contributed by atoms with van der Waals surface area (Å²) in [4.78, 5) is 19.7. The first-order valence-electron chi connectivity index (χ1n) is 6.21. The van der Waals surface area contributed by atoms with E-state index in [1.54, 1.807) is 6.92 Å². The van der Waals surface area contributed by atoms with Gasteiger partial charge in [-0.3, -0.25) is 4.79 Å². The number of carbonyl (C=O) groups excluding carboxylic acids is 1. The lowest BCUT2D eigenvalue weighted by Gasteiger charge is -2.14. The van der Waals surface area contributed by atoms with E-state index in [-0.39, 0.29) is 11.3 Å². The number of aryl methyl sites for hydroxylation is 1.